The van der Waals surface area contributed by atoms with E-state index in [0.29, 0.717) is 6.10 Å². The van der Waals surface area contributed by atoms with Crippen LogP contribution in [0.15, 0.2) is 17.5 Å². The first-order valence-corrected chi connectivity index (χ1v) is 6.51. The molecule has 2 nitrogen and oxygen atoms in total. The molecule has 0 saturated heterocycles. The van der Waals surface area contributed by atoms with Crippen LogP contribution >= 0.6 is 11.3 Å². The normalized spacial score (nSPS) is 11.1. The molecule has 0 fully saturated rings. The second kappa shape index (κ2) is 7.85. The largest absolute Gasteiger partial charge is 0.379 e. The first kappa shape index (κ1) is 12.7. The third-order valence-corrected chi connectivity index (χ3v) is 2.95. The van der Waals surface area contributed by atoms with Crippen LogP contribution in [0, 0.1) is 0 Å². The molecule has 0 amide bonds. The van der Waals surface area contributed by atoms with Crippen LogP contribution < -0.4 is 5.32 Å². The third-order valence-electron chi connectivity index (χ3n) is 2.08. The summed E-state index contributed by atoms with van der Waals surface area (Å²) in [6.07, 6.45) is 2.71. The van der Waals surface area contributed by atoms with Gasteiger partial charge in [-0.3, -0.25) is 0 Å². The lowest BCUT2D eigenvalue weighted by Crippen LogP contribution is -2.14. The molecule has 0 radical (unpaired) electrons. The quantitative estimate of drug-likeness (QED) is 0.689. The van der Waals surface area contributed by atoms with E-state index in [1.54, 1.807) is 0 Å². The van der Waals surface area contributed by atoms with Gasteiger partial charge in [-0.05, 0) is 44.7 Å². The van der Waals surface area contributed by atoms with Crippen molar-refractivity contribution >= 4 is 11.3 Å². The van der Waals surface area contributed by atoms with Crippen LogP contribution in [0.25, 0.3) is 0 Å². The van der Waals surface area contributed by atoms with Gasteiger partial charge in [-0.15, -0.1) is 11.3 Å². The van der Waals surface area contributed by atoms with E-state index >= 15 is 0 Å². The highest BCUT2D eigenvalue weighted by Gasteiger charge is 1.94. The van der Waals surface area contributed by atoms with E-state index in [9.17, 15) is 0 Å². The minimum atomic E-state index is 0.365. The Hall–Kier alpha value is -0.380. The topological polar surface area (TPSA) is 21.3 Å². The van der Waals surface area contributed by atoms with Crippen molar-refractivity contribution in [3.8, 4) is 0 Å². The van der Waals surface area contributed by atoms with E-state index in [-0.39, 0.29) is 0 Å². The summed E-state index contributed by atoms with van der Waals surface area (Å²) in [6, 6.07) is 4.26. The lowest BCUT2D eigenvalue weighted by Gasteiger charge is -2.07. The Bertz CT molecular complexity index is 234. The summed E-state index contributed by atoms with van der Waals surface area (Å²) in [4.78, 5) is 1.41. The summed E-state index contributed by atoms with van der Waals surface area (Å²) in [6.45, 7) is 7.13. The predicted molar refractivity (Wildman–Crippen MR) is 66.3 cm³/mol. The van der Waals surface area contributed by atoms with Crippen molar-refractivity contribution in [2.45, 2.75) is 39.3 Å². The zero-order valence-electron chi connectivity index (χ0n) is 9.66. The van der Waals surface area contributed by atoms with Crippen LogP contribution in [0.3, 0.4) is 0 Å². The van der Waals surface area contributed by atoms with Crippen LogP contribution in [-0.4, -0.2) is 19.3 Å². The predicted octanol–water partition coefficient (Wildman–Crippen LogP) is 3.04. The van der Waals surface area contributed by atoms with Gasteiger partial charge in [-0.1, -0.05) is 6.07 Å². The molecule has 1 N–H and O–H groups in total. The van der Waals surface area contributed by atoms with Crippen molar-refractivity contribution in [1.29, 1.82) is 0 Å². The van der Waals surface area contributed by atoms with Gasteiger partial charge in [0, 0.05) is 18.0 Å². The molecule has 0 saturated carbocycles. The van der Waals surface area contributed by atoms with Crippen molar-refractivity contribution in [2.75, 3.05) is 13.2 Å². The van der Waals surface area contributed by atoms with Crippen molar-refractivity contribution < 1.29 is 4.74 Å². The Kier molecular flexibility index (Phi) is 6.64. The van der Waals surface area contributed by atoms with Gasteiger partial charge in [0.2, 0.25) is 0 Å². The van der Waals surface area contributed by atoms with E-state index in [2.05, 4.69) is 36.7 Å². The first-order valence-electron chi connectivity index (χ1n) is 5.63. The molecule has 15 heavy (non-hydrogen) atoms. The minimum absolute atomic E-state index is 0.365. The Morgan fingerprint density at radius 3 is 2.93 bits per heavy atom. The zero-order chi connectivity index (χ0) is 10.9. The van der Waals surface area contributed by atoms with E-state index in [1.165, 1.54) is 11.3 Å². The van der Waals surface area contributed by atoms with Crippen molar-refractivity contribution in [2.24, 2.45) is 0 Å². The summed E-state index contributed by atoms with van der Waals surface area (Å²) >= 11 is 1.81. The smallest absolute Gasteiger partial charge is 0.0518 e. The van der Waals surface area contributed by atoms with E-state index < -0.39 is 0 Å². The number of nitrogens with one attached hydrogen (secondary N) is 1. The maximum absolute atomic E-state index is 5.47. The lowest BCUT2D eigenvalue weighted by molar-refractivity contribution is 0.0760. The van der Waals surface area contributed by atoms with Crippen LogP contribution in [-0.2, 0) is 11.3 Å². The van der Waals surface area contributed by atoms with Gasteiger partial charge in [-0.2, -0.15) is 0 Å². The molecule has 1 heterocycles. The molecular formula is C12H21NOS. The van der Waals surface area contributed by atoms with Crippen molar-refractivity contribution in [3.05, 3.63) is 22.4 Å². The van der Waals surface area contributed by atoms with Gasteiger partial charge in [0.15, 0.2) is 0 Å². The molecule has 3 heteroatoms. The maximum atomic E-state index is 5.47. The van der Waals surface area contributed by atoms with Crippen LogP contribution in [0.4, 0.5) is 0 Å². The third kappa shape index (κ3) is 6.66. The van der Waals surface area contributed by atoms with Gasteiger partial charge in [0.05, 0.1) is 6.10 Å². The molecule has 1 aromatic heterocycles. The van der Waals surface area contributed by atoms with Crippen LogP contribution in [0.2, 0.25) is 0 Å². The summed E-state index contributed by atoms with van der Waals surface area (Å²) in [5.74, 6) is 0. The molecule has 1 aromatic rings. The standard InChI is InChI=1S/C12H21NOS/c1-11(2)14-8-4-3-7-13-10-12-6-5-9-15-12/h5-6,9,11,13H,3-4,7-8,10H2,1-2H3. The molecule has 0 spiro atoms. The molecule has 0 aliphatic heterocycles. The zero-order valence-corrected chi connectivity index (χ0v) is 10.5. The second-order valence-corrected chi connectivity index (χ2v) is 4.92. The highest BCUT2D eigenvalue weighted by Crippen LogP contribution is 2.07. The summed E-state index contributed by atoms with van der Waals surface area (Å²) < 4.78 is 5.47. The molecule has 0 aromatic carbocycles. The van der Waals surface area contributed by atoms with Gasteiger partial charge in [0.25, 0.3) is 0 Å². The van der Waals surface area contributed by atoms with Gasteiger partial charge >= 0.3 is 0 Å². The minimum Gasteiger partial charge on any atom is -0.379 e. The lowest BCUT2D eigenvalue weighted by atomic mass is 10.3. The Balaban J connectivity index is 1.85. The van der Waals surface area contributed by atoms with Crippen LogP contribution in [0.5, 0.6) is 0 Å². The SMILES string of the molecule is CC(C)OCCCCNCc1cccs1. The van der Waals surface area contributed by atoms with Crippen LogP contribution in [0.1, 0.15) is 31.6 Å². The fourth-order valence-corrected chi connectivity index (χ4v) is 1.97. The van der Waals surface area contributed by atoms with E-state index in [1.807, 2.05) is 11.3 Å². The molecule has 0 bridgehead atoms. The van der Waals surface area contributed by atoms with Crippen molar-refractivity contribution in [1.82, 2.24) is 5.32 Å². The molecular weight excluding hydrogens is 206 g/mol. The average Bonchev–Trinajstić information content (AvgIpc) is 2.68. The fraction of sp³-hybridized carbons (Fsp3) is 0.667. The highest BCUT2D eigenvalue weighted by atomic mass is 32.1. The fourth-order valence-electron chi connectivity index (χ4n) is 1.30. The summed E-state index contributed by atoms with van der Waals surface area (Å²) in [5, 5.41) is 5.55. The highest BCUT2D eigenvalue weighted by molar-refractivity contribution is 7.09. The molecule has 0 aliphatic rings. The molecule has 86 valence electrons. The Morgan fingerprint density at radius 1 is 1.40 bits per heavy atom. The molecule has 0 atom stereocenters. The number of thiophene rings is 1. The first-order chi connectivity index (χ1) is 7.29. The van der Waals surface area contributed by atoms with Gasteiger partial charge < -0.3 is 10.1 Å². The number of rotatable bonds is 8. The van der Waals surface area contributed by atoms with Gasteiger partial charge in [0.1, 0.15) is 0 Å². The molecule has 0 unspecified atom stereocenters. The summed E-state index contributed by atoms with van der Waals surface area (Å²) in [7, 11) is 0. The van der Waals surface area contributed by atoms with E-state index in [0.717, 1.165) is 26.1 Å². The van der Waals surface area contributed by atoms with Crippen molar-refractivity contribution in [3.63, 3.8) is 0 Å². The number of ether oxygens (including phenoxy) is 1. The monoisotopic (exact) mass is 227 g/mol. The average molecular weight is 227 g/mol. The number of unbranched alkanes of at least 4 members (excludes halogenated alkanes) is 1. The number of hydrogen-bond donors (Lipinski definition) is 1. The molecule has 1 rings (SSSR count). The van der Waals surface area contributed by atoms with Gasteiger partial charge in [-0.25, -0.2) is 0 Å². The van der Waals surface area contributed by atoms with E-state index in [4.69, 9.17) is 4.74 Å². The summed E-state index contributed by atoms with van der Waals surface area (Å²) in [5.41, 5.74) is 0. The maximum Gasteiger partial charge on any atom is 0.0518 e. The Morgan fingerprint density at radius 2 is 2.27 bits per heavy atom. The Labute approximate surface area is 96.7 Å². The second-order valence-electron chi connectivity index (χ2n) is 3.88. The number of hydrogen-bond acceptors (Lipinski definition) is 3. The molecule has 0 aliphatic carbocycles.